The summed E-state index contributed by atoms with van der Waals surface area (Å²) in [7, 11) is 0. The van der Waals surface area contributed by atoms with Crippen molar-refractivity contribution in [1.82, 2.24) is 4.90 Å². The van der Waals surface area contributed by atoms with E-state index in [2.05, 4.69) is 0 Å². The molecule has 6 heteroatoms. The Morgan fingerprint density at radius 2 is 1.81 bits per heavy atom. The Hall–Kier alpha value is -2.55. The number of esters is 1. The number of amides is 1. The minimum atomic E-state index is -0.570. The van der Waals surface area contributed by atoms with E-state index < -0.39 is 5.97 Å². The molecule has 1 heterocycles. The number of carbonyl (C=O) groups is 2. The molecule has 2 fully saturated rings. The van der Waals surface area contributed by atoms with Crippen LogP contribution in [-0.2, 0) is 14.3 Å². The maximum Gasteiger partial charge on any atom is 0.344 e. The number of fused-ring (bicyclic) bond motifs is 1. The quantitative estimate of drug-likeness (QED) is 0.758. The lowest BCUT2D eigenvalue weighted by Gasteiger charge is -2.44. The van der Waals surface area contributed by atoms with Gasteiger partial charge in [0.15, 0.2) is 13.2 Å². The summed E-state index contributed by atoms with van der Waals surface area (Å²) >= 11 is 0. The van der Waals surface area contributed by atoms with E-state index in [0.717, 1.165) is 19.4 Å². The number of benzene rings is 1. The van der Waals surface area contributed by atoms with Crippen molar-refractivity contribution in [2.45, 2.75) is 44.6 Å². The predicted molar refractivity (Wildman–Crippen MR) is 94.3 cm³/mol. The molecular formula is C20H24N2O4. The number of nitrogens with zero attached hydrogens (tertiary/aromatic N) is 2. The third-order valence-corrected chi connectivity index (χ3v) is 5.26. The van der Waals surface area contributed by atoms with Crippen molar-refractivity contribution in [2.75, 3.05) is 19.8 Å². The van der Waals surface area contributed by atoms with E-state index in [1.54, 1.807) is 24.3 Å². The molecule has 0 spiro atoms. The van der Waals surface area contributed by atoms with Crippen LogP contribution in [0.2, 0.25) is 0 Å². The van der Waals surface area contributed by atoms with Gasteiger partial charge in [0.05, 0.1) is 11.6 Å². The molecule has 1 amide bonds. The molecule has 1 aromatic rings. The molecule has 3 rings (SSSR count). The molecule has 1 aliphatic heterocycles. The van der Waals surface area contributed by atoms with Gasteiger partial charge in [-0.1, -0.05) is 12.8 Å². The number of hydrogen-bond donors (Lipinski definition) is 0. The van der Waals surface area contributed by atoms with Crippen LogP contribution in [0.4, 0.5) is 0 Å². The Balaban J connectivity index is 1.43. The number of likely N-dealkylation sites (tertiary alicyclic amines) is 1. The lowest BCUT2D eigenvalue weighted by atomic mass is 9.78. The van der Waals surface area contributed by atoms with E-state index in [-0.39, 0.29) is 19.1 Å². The van der Waals surface area contributed by atoms with Crippen molar-refractivity contribution in [3.8, 4) is 11.8 Å². The van der Waals surface area contributed by atoms with Gasteiger partial charge in [0.25, 0.3) is 5.91 Å². The first-order chi connectivity index (χ1) is 12.7. The molecule has 138 valence electrons. The largest absolute Gasteiger partial charge is 0.482 e. The molecule has 0 radical (unpaired) electrons. The van der Waals surface area contributed by atoms with Gasteiger partial charge in [-0.25, -0.2) is 4.79 Å². The second kappa shape index (κ2) is 8.70. The minimum Gasteiger partial charge on any atom is -0.482 e. The monoisotopic (exact) mass is 356 g/mol. The molecular weight excluding hydrogens is 332 g/mol. The van der Waals surface area contributed by atoms with Crippen LogP contribution in [-0.4, -0.2) is 42.6 Å². The van der Waals surface area contributed by atoms with Crippen LogP contribution in [0.1, 0.15) is 44.1 Å². The van der Waals surface area contributed by atoms with Crippen molar-refractivity contribution >= 4 is 11.9 Å². The van der Waals surface area contributed by atoms with E-state index in [0.29, 0.717) is 23.3 Å². The van der Waals surface area contributed by atoms with Crippen LogP contribution >= 0.6 is 0 Å². The number of carbonyl (C=O) groups excluding carboxylic acids is 2. The zero-order valence-corrected chi connectivity index (χ0v) is 14.9. The number of piperidine rings is 1. The van der Waals surface area contributed by atoms with Crippen molar-refractivity contribution in [3.63, 3.8) is 0 Å². The zero-order chi connectivity index (χ0) is 18.4. The first-order valence-electron chi connectivity index (χ1n) is 9.25. The summed E-state index contributed by atoms with van der Waals surface area (Å²) in [6, 6.07) is 8.79. The Morgan fingerprint density at radius 1 is 1.08 bits per heavy atom. The van der Waals surface area contributed by atoms with Gasteiger partial charge in [-0.15, -0.1) is 0 Å². The smallest absolute Gasteiger partial charge is 0.344 e. The average Bonchev–Trinajstić information content (AvgIpc) is 2.70. The van der Waals surface area contributed by atoms with E-state index in [1.807, 2.05) is 11.0 Å². The van der Waals surface area contributed by atoms with Crippen molar-refractivity contribution in [2.24, 2.45) is 5.92 Å². The lowest BCUT2D eigenvalue weighted by Crippen LogP contribution is -2.51. The topological polar surface area (TPSA) is 79.6 Å². The molecule has 1 saturated heterocycles. The molecule has 0 aromatic heterocycles. The van der Waals surface area contributed by atoms with Crippen LogP contribution in [0, 0.1) is 17.2 Å². The van der Waals surface area contributed by atoms with Crippen LogP contribution in [0.25, 0.3) is 0 Å². The highest BCUT2D eigenvalue weighted by atomic mass is 16.6. The van der Waals surface area contributed by atoms with Crippen LogP contribution < -0.4 is 4.74 Å². The second-order valence-corrected chi connectivity index (χ2v) is 6.93. The first kappa shape index (κ1) is 18.2. The normalized spacial score (nSPS) is 22.0. The summed E-state index contributed by atoms with van der Waals surface area (Å²) in [5, 5.41) is 8.75. The van der Waals surface area contributed by atoms with Crippen LogP contribution in [0.15, 0.2) is 24.3 Å². The SMILES string of the molecule is N#Cc1ccc(OCC(=O)OCC(=O)N2CCC[C@@H]3CCCC[C@H]32)cc1. The molecule has 26 heavy (non-hydrogen) atoms. The Morgan fingerprint density at radius 3 is 2.58 bits per heavy atom. The maximum absolute atomic E-state index is 12.5. The standard InChI is InChI=1S/C20H24N2O4/c21-12-15-7-9-17(10-8-15)25-14-20(24)26-13-19(23)22-11-3-5-16-4-1-2-6-18(16)22/h7-10,16,18H,1-6,11,13-14H2/t16-,18+/m0/s1. The Kier molecular flexibility index (Phi) is 6.11. The summed E-state index contributed by atoms with van der Waals surface area (Å²) in [5.74, 6) is 0.415. The summed E-state index contributed by atoms with van der Waals surface area (Å²) in [6.45, 7) is 0.281. The van der Waals surface area contributed by atoms with E-state index in [4.69, 9.17) is 14.7 Å². The first-order valence-corrected chi connectivity index (χ1v) is 9.25. The molecule has 0 unspecified atom stereocenters. The summed E-state index contributed by atoms with van der Waals surface area (Å²) in [6.07, 6.45) is 6.92. The molecule has 1 aromatic carbocycles. The van der Waals surface area contributed by atoms with Gasteiger partial charge in [-0.3, -0.25) is 4.79 Å². The molecule has 0 N–H and O–H groups in total. The van der Waals surface area contributed by atoms with Gasteiger partial charge in [0.2, 0.25) is 0 Å². The van der Waals surface area contributed by atoms with Crippen molar-refractivity contribution < 1.29 is 19.1 Å². The molecule has 0 bridgehead atoms. The van der Waals surface area contributed by atoms with E-state index in [1.165, 1.54) is 25.7 Å². The van der Waals surface area contributed by atoms with Crippen molar-refractivity contribution in [1.29, 1.82) is 5.26 Å². The van der Waals surface area contributed by atoms with Gasteiger partial charge in [-0.05, 0) is 55.9 Å². The van der Waals surface area contributed by atoms with Gasteiger partial charge < -0.3 is 14.4 Å². The fourth-order valence-electron chi connectivity index (χ4n) is 3.97. The highest BCUT2D eigenvalue weighted by molar-refractivity contribution is 5.81. The van der Waals surface area contributed by atoms with Crippen LogP contribution in [0.3, 0.4) is 0 Å². The van der Waals surface area contributed by atoms with E-state index in [9.17, 15) is 9.59 Å². The summed E-state index contributed by atoms with van der Waals surface area (Å²) in [4.78, 5) is 26.2. The third kappa shape index (κ3) is 4.54. The molecule has 2 atom stereocenters. The fraction of sp³-hybridized carbons (Fsp3) is 0.550. The summed E-state index contributed by atoms with van der Waals surface area (Å²) < 4.78 is 10.4. The molecule has 1 aliphatic carbocycles. The number of rotatable bonds is 5. The highest BCUT2D eigenvalue weighted by Gasteiger charge is 2.35. The predicted octanol–water partition coefficient (Wildman–Crippen LogP) is 2.66. The lowest BCUT2D eigenvalue weighted by molar-refractivity contribution is -0.156. The highest BCUT2D eigenvalue weighted by Crippen LogP contribution is 2.35. The number of nitriles is 1. The maximum atomic E-state index is 12.5. The molecule has 1 saturated carbocycles. The van der Waals surface area contributed by atoms with Gasteiger partial charge >= 0.3 is 5.97 Å². The second-order valence-electron chi connectivity index (χ2n) is 6.93. The van der Waals surface area contributed by atoms with Crippen molar-refractivity contribution in [3.05, 3.63) is 29.8 Å². The third-order valence-electron chi connectivity index (χ3n) is 5.26. The minimum absolute atomic E-state index is 0.103. The molecule has 6 nitrogen and oxygen atoms in total. The van der Waals surface area contributed by atoms with Gasteiger partial charge in [0, 0.05) is 12.6 Å². The average molecular weight is 356 g/mol. The van der Waals surface area contributed by atoms with Crippen LogP contribution in [0.5, 0.6) is 5.75 Å². The fourth-order valence-corrected chi connectivity index (χ4v) is 3.97. The zero-order valence-electron chi connectivity index (χ0n) is 14.9. The van der Waals surface area contributed by atoms with E-state index >= 15 is 0 Å². The number of ether oxygens (including phenoxy) is 2. The molecule has 2 aliphatic rings. The Labute approximate surface area is 153 Å². The summed E-state index contributed by atoms with van der Waals surface area (Å²) in [5.41, 5.74) is 0.521. The van der Waals surface area contributed by atoms with Gasteiger partial charge in [0.1, 0.15) is 5.75 Å². The van der Waals surface area contributed by atoms with Gasteiger partial charge in [-0.2, -0.15) is 5.26 Å². The number of hydrogen-bond acceptors (Lipinski definition) is 5. The Bertz CT molecular complexity index is 678.